The number of carbonyl (C=O) groups is 1. The van der Waals surface area contributed by atoms with Gasteiger partial charge in [-0.05, 0) is 18.7 Å². The smallest absolute Gasteiger partial charge is 0.424 e. The summed E-state index contributed by atoms with van der Waals surface area (Å²) in [7, 11) is -0.664. The molecule has 18 heteroatoms. The molecule has 0 aliphatic heterocycles. The van der Waals surface area contributed by atoms with Crippen LogP contribution in [0.3, 0.4) is 0 Å². The normalized spacial score (nSPS) is 15.6. The summed E-state index contributed by atoms with van der Waals surface area (Å²) in [5.41, 5.74) is -0.455. The number of hydrogen-bond acceptors (Lipinski definition) is 3. The van der Waals surface area contributed by atoms with Gasteiger partial charge in [-0.25, -0.2) is 0 Å². The van der Waals surface area contributed by atoms with Crippen molar-refractivity contribution in [3.63, 3.8) is 0 Å². The highest BCUT2D eigenvalue weighted by Crippen LogP contribution is 2.51. The third kappa shape index (κ3) is 7.33. The number of carbonyl (C=O) groups excluding carboxylic acids is 1. The van der Waals surface area contributed by atoms with Crippen LogP contribution in [0, 0.1) is 0 Å². The lowest BCUT2D eigenvalue weighted by atomic mass is 10.2. The van der Waals surface area contributed by atoms with Gasteiger partial charge in [0, 0.05) is 19.8 Å². The summed E-state index contributed by atoms with van der Waals surface area (Å²) >= 11 is 0. The van der Waals surface area contributed by atoms with E-state index in [0.29, 0.717) is 27.3 Å². The van der Waals surface area contributed by atoms with E-state index in [1.807, 2.05) is 19.6 Å². The average molecular weight is 607 g/mol. The molecular formula is C19H23F11NO3Si3. The minimum atomic E-state index is -7.25. The Morgan fingerprint density at radius 3 is 2.00 bits per heavy atom. The molecule has 1 rings (SSSR count). The predicted octanol–water partition coefficient (Wildman–Crippen LogP) is 5.49. The van der Waals surface area contributed by atoms with Crippen LogP contribution >= 0.6 is 0 Å². The summed E-state index contributed by atoms with van der Waals surface area (Å²) in [6, 6.07) is 6.54. The van der Waals surface area contributed by atoms with E-state index in [1.165, 1.54) is 12.1 Å². The Morgan fingerprint density at radius 2 is 1.54 bits per heavy atom. The minimum absolute atomic E-state index is 0.136. The molecule has 0 bridgehead atoms. The van der Waals surface area contributed by atoms with Gasteiger partial charge in [0.2, 0.25) is 0 Å². The van der Waals surface area contributed by atoms with Crippen molar-refractivity contribution in [1.29, 1.82) is 0 Å². The molecule has 0 saturated heterocycles. The van der Waals surface area contributed by atoms with Crippen LogP contribution < -0.4 is 10.1 Å². The molecule has 1 unspecified atom stereocenters. The van der Waals surface area contributed by atoms with Crippen molar-refractivity contribution in [2.75, 3.05) is 19.1 Å². The van der Waals surface area contributed by atoms with E-state index in [0.717, 1.165) is 12.1 Å². The second kappa shape index (κ2) is 11.3. The Labute approximate surface area is 210 Å². The Balaban J connectivity index is 3.35. The first-order valence-corrected chi connectivity index (χ1v) is 17.5. The Bertz CT molecular complexity index is 944. The maximum Gasteiger partial charge on any atom is 0.462 e. The highest BCUT2D eigenvalue weighted by Gasteiger charge is 2.80. The molecule has 1 aromatic carbocycles. The van der Waals surface area contributed by atoms with E-state index in [1.54, 1.807) is 13.2 Å². The number of halogens is 11. The van der Waals surface area contributed by atoms with Crippen molar-refractivity contribution in [1.82, 2.24) is 0 Å². The fourth-order valence-electron chi connectivity index (χ4n) is 2.86. The SMILES string of the molecule is CO[Si](C)[Si]CC[Si](C)(C)c1cccc(N(C)C(=O)C(F)(OC(F)(F)C(F)(F)C(F)(F)F)C(F)(F)F)c1. The minimum Gasteiger partial charge on any atom is -0.424 e. The number of ether oxygens (including phenoxy) is 1. The highest BCUT2D eigenvalue weighted by atomic mass is 29.2. The second-order valence-electron chi connectivity index (χ2n) is 8.52. The number of nitrogens with zero attached hydrogens (tertiary/aromatic N) is 1. The zero-order valence-corrected chi connectivity index (χ0v) is 23.1. The summed E-state index contributed by atoms with van der Waals surface area (Å²) in [4.78, 5) is 12.2. The number of amides is 1. The van der Waals surface area contributed by atoms with Crippen molar-refractivity contribution < 1.29 is 62.3 Å². The van der Waals surface area contributed by atoms with Crippen molar-refractivity contribution in [3.05, 3.63) is 24.3 Å². The fourth-order valence-corrected chi connectivity index (χ4v) is 10.3. The number of benzene rings is 1. The van der Waals surface area contributed by atoms with Crippen molar-refractivity contribution in [2.24, 2.45) is 0 Å². The second-order valence-corrected chi connectivity index (χ2v) is 18.9. The number of alkyl halides is 11. The molecule has 0 N–H and O–H groups in total. The Morgan fingerprint density at radius 1 is 1.00 bits per heavy atom. The topological polar surface area (TPSA) is 38.8 Å². The molecule has 4 nitrogen and oxygen atoms in total. The van der Waals surface area contributed by atoms with Crippen LogP contribution in [-0.4, -0.2) is 76.0 Å². The van der Waals surface area contributed by atoms with Gasteiger partial charge in [0.15, 0.2) is 8.56 Å². The van der Waals surface area contributed by atoms with Gasteiger partial charge in [-0.3, -0.25) is 9.53 Å². The zero-order chi connectivity index (χ0) is 29.3. The van der Waals surface area contributed by atoms with Gasteiger partial charge in [0.05, 0.1) is 17.1 Å². The molecule has 1 atom stereocenters. The molecule has 0 aliphatic rings. The van der Waals surface area contributed by atoms with Crippen LogP contribution in [-0.2, 0) is 14.0 Å². The number of rotatable bonds is 11. The standard InChI is InChI=1S/C19H23F11NO3Si3/c1-31(12-7-6-8-13(11-12)37(4,5)10-9-35-36(3)33-2)14(32)15(20,17(23,24)25)34-19(29,30)16(21,22)18(26,27)28/h6-8,11H,9-10H2,1-5H3. The van der Waals surface area contributed by atoms with Gasteiger partial charge in [-0.15, -0.1) is 0 Å². The maximum atomic E-state index is 14.7. The molecule has 0 saturated carbocycles. The Hall–Kier alpha value is -1.51. The summed E-state index contributed by atoms with van der Waals surface area (Å²) in [6.07, 6.45) is -21.0. The predicted molar refractivity (Wildman–Crippen MR) is 118 cm³/mol. The maximum absolute atomic E-state index is 14.7. The van der Waals surface area contributed by atoms with Crippen molar-refractivity contribution in [2.45, 2.75) is 62.0 Å². The van der Waals surface area contributed by atoms with Crippen LogP contribution in [0.1, 0.15) is 0 Å². The first-order chi connectivity index (χ1) is 16.4. The molecule has 3 radical (unpaired) electrons. The van der Waals surface area contributed by atoms with Gasteiger partial charge >= 0.3 is 36.1 Å². The van der Waals surface area contributed by atoms with Gasteiger partial charge in [-0.1, -0.05) is 42.5 Å². The fraction of sp³-hybridized carbons (Fsp3) is 0.632. The van der Waals surface area contributed by atoms with Gasteiger partial charge in [-0.2, -0.15) is 48.3 Å². The van der Waals surface area contributed by atoms with Crippen LogP contribution in [0.2, 0.25) is 31.7 Å². The number of hydrogen-bond donors (Lipinski definition) is 0. The van der Waals surface area contributed by atoms with E-state index in [9.17, 15) is 53.1 Å². The lowest BCUT2D eigenvalue weighted by Gasteiger charge is -2.36. The van der Waals surface area contributed by atoms with E-state index < -0.39 is 58.5 Å². The summed E-state index contributed by atoms with van der Waals surface area (Å²) in [5.74, 6) is -16.5. The summed E-state index contributed by atoms with van der Waals surface area (Å²) in [6.45, 7) is 5.75. The van der Waals surface area contributed by atoms with Crippen LogP contribution in [0.15, 0.2) is 24.3 Å². The zero-order valence-electron chi connectivity index (χ0n) is 20.1. The van der Waals surface area contributed by atoms with Gasteiger partial charge in [0.1, 0.15) is 0 Å². The number of anilines is 1. The molecule has 0 heterocycles. The lowest BCUT2D eigenvalue weighted by molar-refractivity contribution is -0.472. The molecule has 0 aliphatic carbocycles. The quantitative estimate of drug-likeness (QED) is 0.247. The molecule has 37 heavy (non-hydrogen) atoms. The molecule has 211 valence electrons. The van der Waals surface area contributed by atoms with E-state index in [-0.39, 0.29) is 4.90 Å². The number of likely N-dealkylation sites (N-methyl/N-ethyl adjacent to an activating group) is 1. The lowest BCUT2D eigenvalue weighted by Crippen LogP contribution is -2.63. The molecule has 0 spiro atoms. The van der Waals surface area contributed by atoms with Crippen LogP contribution in [0.25, 0.3) is 0 Å². The van der Waals surface area contributed by atoms with Crippen LogP contribution in [0.5, 0.6) is 0 Å². The monoisotopic (exact) mass is 606 g/mol. The van der Waals surface area contributed by atoms with E-state index >= 15 is 0 Å². The molecule has 1 amide bonds. The van der Waals surface area contributed by atoms with Crippen LogP contribution in [0.4, 0.5) is 54.0 Å². The molecule has 0 fully saturated rings. The van der Waals surface area contributed by atoms with E-state index in [2.05, 4.69) is 4.74 Å². The van der Waals surface area contributed by atoms with E-state index in [4.69, 9.17) is 4.43 Å². The average Bonchev–Trinajstić information content (AvgIpc) is 2.75. The first-order valence-electron chi connectivity index (χ1n) is 10.2. The van der Waals surface area contributed by atoms with Crippen molar-refractivity contribution >= 4 is 42.5 Å². The molecule has 0 aromatic heterocycles. The highest BCUT2D eigenvalue weighted by molar-refractivity contribution is 7.09. The van der Waals surface area contributed by atoms with Crippen molar-refractivity contribution in [3.8, 4) is 0 Å². The molecular weight excluding hydrogens is 583 g/mol. The van der Waals surface area contributed by atoms with Gasteiger partial charge < -0.3 is 9.33 Å². The van der Waals surface area contributed by atoms with Gasteiger partial charge in [0.25, 0.3) is 0 Å². The largest absolute Gasteiger partial charge is 0.462 e. The first kappa shape index (κ1) is 33.5. The third-order valence-electron chi connectivity index (χ3n) is 5.38. The summed E-state index contributed by atoms with van der Waals surface area (Å²) < 4.78 is 153. The molecule has 1 aromatic rings. The summed E-state index contributed by atoms with van der Waals surface area (Å²) in [5, 5.41) is 0.572. The Kier molecular flexibility index (Phi) is 10.2. The third-order valence-corrected chi connectivity index (χ3v) is 13.7.